The number of hydrogen-bond donors (Lipinski definition) is 1. The van der Waals surface area contributed by atoms with Crippen molar-refractivity contribution in [3.63, 3.8) is 0 Å². The quantitative estimate of drug-likeness (QED) is 0.836. The van der Waals surface area contributed by atoms with E-state index in [0.717, 1.165) is 17.7 Å². The van der Waals surface area contributed by atoms with Crippen molar-refractivity contribution in [1.82, 2.24) is 0 Å². The monoisotopic (exact) mass is 351 g/mol. The third kappa shape index (κ3) is 4.45. The Kier molecular flexibility index (Phi) is 5.76. The van der Waals surface area contributed by atoms with Crippen molar-refractivity contribution < 1.29 is 23.5 Å². The van der Waals surface area contributed by atoms with Gasteiger partial charge in [0.1, 0.15) is 11.6 Å². The number of anilines is 1. The maximum absolute atomic E-state index is 12.9. The molecular formula is C17H15ClFNO4. The maximum Gasteiger partial charge on any atom is 0.338 e. The van der Waals surface area contributed by atoms with E-state index < -0.39 is 24.3 Å². The number of amides is 1. The Morgan fingerprint density at radius 1 is 1.21 bits per heavy atom. The maximum atomic E-state index is 12.9. The summed E-state index contributed by atoms with van der Waals surface area (Å²) < 4.78 is 23.0. The van der Waals surface area contributed by atoms with E-state index in [1.807, 2.05) is 6.92 Å². The molecule has 24 heavy (non-hydrogen) atoms. The van der Waals surface area contributed by atoms with Crippen molar-refractivity contribution in [3.05, 3.63) is 58.4 Å². The van der Waals surface area contributed by atoms with Gasteiger partial charge in [0, 0.05) is 0 Å². The molecular weight excluding hydrogens is 337 g/mol. The van der Waals surface area contributed by atoms with E-state index in [9.17, 15) is 14.0 Å². The molecule has 0 saturated heterocycles. The lowest BCUT2D eigenvalue weighted by atomic mass is 10.1. The van der Waals surface area contributed by atoms with Gasteiger partial charge in [-0.05, 0) is 42.8 Å². The summed E-state index contributed by atoms with van der Waals surface area (Å²) in [6.07, 6.45) is 0. The molecule has 0 bridgehead atoms. The molecule has 126 valence electrons. The standard InChI is InChI=1S/C17H15ClFNO4/c1-10-3-4-11(7-15(10)23-2)17(22)24-9-16(21)20-14-6-5-12(19)8-13(14)18/h3-8H,9H2,1-2H3,(H,20,21). The molecule has 1 amide bonds. The third-order valence-electron chi connectivity index (χ3n) is 3.18. The van der Waals surface area contributed by atoms with Crippen LogP contribution in [0.1, 0.15) is 15.9 Å². The van der Waals surface area contributed by atoms with Gasteiger partial charge in [0.2, 0.25) is 0 Å². The van der Waals surface area contributed by atoms with Crippen LogP contribution < -0.4 is 10.1 Å². The summed E-state index contributed by atoms with van der Waals surface area (Å²) in [7, 11) is 1.50. The topological polar surface area (TPSA) is 64.6 Å². The van der Waals surface area contributed by atoms with Gasteiger partial charge in [-0.3, -0.25) is 4.79 Å². The second-order valence-electron chi connectivity index (χ2n) is 4.93. The molecule has 0 heterocycles. The smallest absolute Gasteiger partial charge is 0.338 e. The molecule has 0 aromatic heterocycles. The van der Waals surface area contributed by atoms with E-state index in [1.54, 1.807) is 12.1 Å². The fraction of sp³-hybridized carbons (Fsp3) is 0.176. The van der Waals surface area contributed by atoms with Gasteiger partial charge in [0.15, 0.2) is 6.61 Å². The normalized spacial score (nSPS) is 10.2. The Balaban J connectivity index is 1.95. The van der Waals surface area contributed by atoms with Gasteiger partial charge >= 0.3 is 5.97 Å². The van der Waals surface area contributed by atoms with Gasteiger partial charge < -0.3 is 14.8 Å². The van der Waals surface area contributed by atoms with Crippen LogP contribution in [0.25, 0.3) is 0 Å². The van der Waals surface area contributed by atoms with Crippen molar-refractivity contribution >= 4 is 29.2 Å². The second-order valence-corrected chi connectivity index (χ2v) is 5.34. The molecule has 2 rings (SSSR count). The first-order valence-corrected chi connectivity index (χ1v) is 7.35. The predicted octanol–water partition coefficient (Wildman–Crippen LogP) is 3.59. The number of carbonyl (C=O) groups excluding carboxylic acids is 2. The molecule has 0 aliphatic heterocycles. The van der Waals surface area contributed by atoms with Crippen LogP contribution >= 0.6 is 11.6 Å². The van der Waals surface area contributed by atoms with Crippen LogP contribution in [0.3, 0.4) is 0 Å². The highest BCUT2D eigenvalue weighted by Crippen LogP contribution is 2.22. The lowest BCUT2D eigenvalue weighted by Gasteiger charge is -2.09. The number of hydrogen-bond acceptors (Lipinski definition) is 4. The SMILES string of the molecule is COc1cc(C(=O)OCC(=O)Nc2ccc(F)cc2Cl)ccc1C. The molecule has 1 N–H and O–H groups in total. The number of halogens is 2. The molecule has 0 spiro atoms. The van der Waals surface area contributed by atoms with Gasteiger partial charge in [-0.25, -0.2) is 9.18 Å². The molecule has 0 aliphatic carbocycles. The van der Waals surface area contributed by atoms with Gasteiger partial charge in [-0.2, -0.15) is 0 Å². The van der Waals surface area contributed by atoms with Crippen molar-refractivity contribution in [3.8, 4) is 5.75 Å². The number of benzene rings is 2. The van der Waals surface area contributed by atoms with Crippen LogP contribution in [0, 0.1) is 12.7 Å². The van der Waals surface area contributed by atoms with Crippen LogP contribution in [0.15, 0.2) is 36.4 Å². The number of carbonyl (C=O) groups is 2. The fourth-order valence-electron chi connectivity index (χ4n) is 1.94. The van der Waals surface area contributed by atoms with Crippen molar-refractivity contribution in [2.75, 3.05) is 19.0 Å². The van der Waals surface area contributed by atoms with Crippen LogP contribution in [-0.2, 0) is 9.53 Å². The Morgan fingerprint density at radius 3 is 2.62 bits per heavy atom. The van der Waals surface area contributed by atoms with Crippen LogP contribution in [0.2, 0.25) is 5.02 Å². The van der Waals surface area contributed by atoms with Crippen molar-refractivity contribution in [1.29, 1.82) is 0 Å². The second kappa shape index (κ2) is 7.79. The lowest BCUT2D eigenvalue weighted by Crippen LogP contribution is -2.21. The van der Waals surface area contributed by atoms with Crippen molar-refractivity contribution in [2.45, 2.75) is 6.92 Å². The minimum absolute atomic E-state index is 0.0537. The zero-order valence-corrected chi connectivity index (χ0v) is 13.8. The first-order chi connectivity index (χ1) is 11.4. The summed E-state index contributed by atoms with van der Waals surface area (Å²) in [6, 6.07) is 8.38. The number of rotatable bonds is 5. The average Bonchev–Trinajstić information content (AvgIpc) is 2.55. The molecule has 2 aromatic carbocycles. The summed E-state index contributed by atoms with van der Waals surface area (Å²) in [5.41, 5.74) is 1.37. The van der Waals surface area contributed by atoms with Gasteiger partial charge in [-0.1, -0.05) is 17.7 Å². The number of aryl methyl sites for hydroxylation is 1. The highest BCUT2D eigenvalue weighted by molar-refractivity contribution is 6.33. The minimum Gasteiger partial charge on any atom is -0.496 e. The Labute approximate surface area is 143 Å². The van der Waals surface area contributed by atoms with Crippen LogP contribution in [-0.4, -0.2) is 25.6 Å². The molecule has 5 nitrogen and oxygen atoms in total. The van der Waals surface area contributed by atoms with Gasteiger partial charge in [0.05, 0.1) is 23.4 Å². The van der Waals surface area contributed by atoms with E-state index >= 15 is 0 Å². The molecule has 0 atom stereocenters. The van der Waals surface area contributed by atoms with Crippen LogP contribution in [0.5, 0.6) is 5.75 Å². The van der Waals surface area contributed by atoms with E-state index in [4.69, 9.17) is 21.1 Å². The highest BCUT2D eigenvalue weighted by Gasteiger charge is 2.13. The van der Waals surface area contributed by atoms with E-state index in [1.165, 1.54) is 19.2 Å². The molecule has 0 aliphatic rings. The third-order valence-corrected chi connectivity index (χ3v) is 3.50. The molecule has 2 aromatic rings. The summed E-state index contributed by atoms with van der Waals surface area (Å²) in [6.45, 7) is 1.34. The number of ether oxygens (including phenoxy) is 2. The number of nitrogens with one attached hydrogen (secondary N) is 1. The van der Waals surface area contributed by atoms with Gasteiger partial charge in [0.25, 0.3) is 5.91 Å². The summed E-state index contributed by atoms with van der Waals surface area (Å²) in [5, 5.41) is 2.49. The Morgan fingerprint density at radius 2 is 1.96 bits per heavy atom. The lowest BCUT2D eigenvalue weighted by molar-refractivity contribution is -0.119. The molecule has 7 heteroatoms. The number of methoxy groups -OCH3 is 1. The molecule has 0 saturated carbocycles. The first-order valence-electron chi connectivity index (χ1n) is 6.97. The van der Waals surface area contributed by atoms with E-state index in [0.29, 0.717) is 5.75 Å². The molecule has 0 radical (unpaired) electrons. The first kappa shape index (κ1) is 17.7. The van der Waals surface area contributed by atoms with Gasteiger partial charge in [-0.15, -0.1) is 0 Å². The van der Waals surface area contributed by atoms with Crippen molar-refractivity contribution in [2.24, 2.45) is 0 Å². The van der Waals surface area contributed by atoms with E-state index in [-0.39, 0.29) is 16.3 Å². The summed E-state index contributed by atoms with van der Waals surface area (Å²) in [5.74, 6) is -1.21. The number of esters is 1. The zero-order valence-electron chi connectivity index (χ0n) is 13.1. The Hall–Kier alpha value is -2.60. The zero-order chi connectivity index (χ0) is 17.7. The molecule has 0 fully saturated rings. The van der Waals surface area contributed by atoms with Crippen LogP contribution in [0.4, 0.5) is 10.1 Å². The Bertz CT molecular complexity index is 779. The molecule has 0 unspecified atom stereocenters. The predicted molar refractivity (Wildman–Crippen MR) is 88.1 cm³/mol. The fourth-order valence-corrected chi connectivity index (χ4v) is 2.15. The van der Waals surface area contributed by atoms with E-state index in [2.05, 4.69) is 5.32 Å². The highest BCUT2D eigenvalue weighted by atomic mass is 35.5. The summed E-state index contributed by atoms with van der Waals surface area (Å²) in [4.78, 5) is 23.8. The summed E-state index contributed by atoms with van der Waals surface area (Å²) >= 11 is 5.80. The average molecular weight is 352 g/mol. The largest absolute Gasteiger partial charge is 0.496 e. The minimum atomic E-state index is -0.659.